The summed E-state index contributed by atoms with van der Waals surface area (Å²) in [4.78, 5) is 30.0. The third-order valence-corrected chi connectivity index (χ3v) is 6.97. The molecule has 198 valence electrons. The van der Waals surface area contributed by atoms with Crippen LogP contribution in [-0.2, 0) is 4.79 Å². The van der Waals surface area contributed by atoms with Gasteiger partial charge in [0.1, 0.15) is 17.6 Å². The minimum Gasteiger partial charge on any atom is -0.459 e. The monoisotopic (exact) mass is 541 g/mol. The summed E-state index contributed by atoms with van der Waals surface area (Å²) in [6, 6.07) is 20.7. The van der Waals surface area contributed by atoms with E-state index in [-0.39, 0.29) is 23.6 Å². The molecule has 0 saturated carbocycles. The first-order valence-corrected chi connectivity index (χ1v) is 12.9. The number of nitrogens with zero attached hydrogens (tertiary/aromatic N) is 3. The second-order valence-corrected chi connectivity index (χ2v) is 10.0. The number of carbonyl (C=O) groups excluding carboxylic acids is 1. The molecule has 0 unspecified atom stereocenters. The van der Waals surface area contributed by atoms with Crippen molar-refractivity contribution in [2.24, 2.45) is 5.92 Å². The maximum Gasteiger partial charge on any atom is 0.280 e. The summed E-state index contributed by atoms with van der Waals surface area (Å²) in [6.45, 7) is 5.62. The van der Waals surface area contributed by atoms with Crippen LogP contribution in [0.3, 0.4) is 0 Å². The number of para-hydroxylation sites is 1. The number of amides is 1. The van der Waals surface area contributed by atoms with Crippen molar-refractivity contribution in [2.45, 2.75) is 32.9 Å². The largest absolute Gasteiger partial charge is 0.459 e. The van der Waals surface area contributed by atoms with Crippen LogP contribution >= 0.6 is 12.2 Å². The van der Waals surface area contributed by atoms with Crippen molar-refractivity contribution < 1.29 is 14.1 Å². The number of thiocarbonyl (C=S) groups is 1. The Labute approximate surface area is 231 Å². The molecule has 2 N–H and O–H groups in total. The van der Waals surface area contributed by atoms with Gasteiger partial charge in [-0.3, -0.25) is 19.9 Å². The molecule has 10 heteroatoms. The Morgan fingerprint density at radius 3 is 2.59 bits per heavy atom. The number of rotatable bonds is 7. The van der Waals surface area contributed by atoms with Gasteiger partial charge >= 0.3 is 0 Å². The average Bonchev–Trinajstić information content (AvgIpc) is 3.54. The molecule has 1 fully saturated rings. The molecule has 1 saturated heterocycles. The van der Waals surface area contributed by atoms with Crippen LogP contribution in [0.5, 0.6) is 0 Å². The van der Waals surface area contributed by atoms with Gasteiger partial charge in [0.25, 0.3) is 5.69 Å². The fraction of sp³-hybridized carbons (Fsp3) is 0.207. The number of nitro groups is 1. The molecule has 1 aliphatic rings. The van der Waals surface area contributed by atoms with Crippen LogP contribution in [0.4, 0.5) is 17.1 Å². The predicted molar refractivity (Wildman–Crippen MR) is 153 cm³/mol. The predicted octanol–water partition coefficient (Wildman–Crippen LogP) is 6.33. The molecule has 4 aromatic rings. The van der Waals surface area contributed by atoms with Gasteiger partial charge in [-0.1, -0.05) is 32.0 Å². The summed E-state index contributed by atoms with van der Waals surface area (Å²) in [5.74, 6) is 0.755. The van der Waals surface area contributed by atoms with Crippen LogP contribution in [0.2, 0.25) is 0 Å². The number of nitro benzene ring substituents is 1. The molecule has 0 radical (unpaired) electrons. The van der Waals surface area contributed by atoms with Crippen LogP contribution in [0.15, 0.2) is 83.4 Å². The summed E-state index contributed by atoms with van der Waals surface area (Å²) >= 11 is 5.80. The Kier molecular flexibility index (Phi) is 7.12. The second-order valence-electron chi connectivity index (χ2n) is 9.62. The Morgan fingerprint density at radius 2 is 1.90 bits per heavy atom. The first-order valence-electron chi connectivity index (χ1n) is 12.5. The number of furan rings is 1. The average molecular weight is 542 g/mol. The van der Waals surface area contributed by atoms with Crippen molar-refractivity contribution in [3.63, 3.8) is 0 Å². The number of pyridine rings is 1. The van der Waals surface area contributed by atoms with Crippen molar-refractivity contribution in [1.29, 1.82) is 0 Å². The zero-order chi connectivity index (χ0) is 27.7. The third kappa shape index (κ3) is 5.10. The van der Waals surface area contributed by atoms with Crippen LogP contribution in [0.1, 0.15) is 42.9 Å². The second kappa shape index (κ2) is 10.7. The molecule has 2 atom stereocenters. The van der Waals surface area contributed by atoms with Gasteiger partial charge in [0, 0.05) is 29.6 Å². The molecule has 0 spiro atoms. The normalized spacial score (nSPS) is 16.8. The Bertz CT molecular complexity index is 1550. The molecule has 1 aliphatic heterocycles. The van der Waals surface area contributed by atoms with E-state index in [1.165, 1.54) is 6.07 Å². The zero-order valence-electron chi connectivity index (χ0n) is 21.6. The third-order valence-electron chi connectivity index (χ3n) is 6.65. The molecular weight excluding hydrogens is 514 g/mol. The van der Waals surface area contributed by atoms with E-state index in [1.54, 1.807) is 30.5 Å². The van der Waals surface area contributed by atoms with Gasteiger partial charge in [-0.25, -0.2) is 0 Å². The number of aromatic nitrogens is 1. The highest BCUT2D eigenvalue weighted by Crippen LogP contribution is 2.44. The molecule has 1 amide bonds. The fourth-order valence-electron chi connectivity index (χ4n) is 4.63. The number of aryl methyl sites for hydroxylation is 1. The highest BCUT2D eigenvalue weighted by molar-refractivity contribution is 7.80. The Morgan fingerprint density at radius 1 is 1.13 bits per heavy atom. The Balaban J connectivity index is 1.57. The van der Waals surface area contributed by atoms with Gasteiger partial charge in [0.05, 0.1) is 22.2 Å². The van der Waals surface area contributed by atoms with Gasteiger partial charge in [-0.15, -0.1) is 0 Å². The van der Waals surface area contributed by atoms with E-state index in [9.17, 15) is 14.9 Å². The maximum atomic E-state index is 12.3. The smallest absolute Gasteiger partial charge is 0.280 e. The first kappa shape index (κ1) is 26.1. The van der Waals surface area contributed by atoms with Gasteiger partial charge in [0.2, 0.25) is 5.91 Å². The number of nitrogens with one attached hydrogen (secondary N) is 2. The van der Waals surface area contributed by atoms with Crippen molar-refractivity contribution in [1.82, 2.24) is 10.3 Å². The van der Waals surface area contributed by atoms with Crippen LogP contribution in [0.25, 0.3) is 11.3 Å². The molecule has 39 heavy (non-hydrogen) atoms. The lowest BCUT2D eigenvalue weighted by molar-refractivity contribution is -0.384. The lowest BCUT2D eigenvalue weighted by Crippen LogP contribution is -2.29. The van der Waals surface area contributed by atoms with Crippen molar-refractivity contribution in [3.05, 3.63) is 106 Å². The van der Waals surface area contributed by atoms with E-state index >= 15 is 0 Å². The minimum atomic E-state index is -0.431. The molecule has 5 rings (SSSR count). The van der Waals surface area contributed by atoms with E-state index < -0.39 is 11.0 Å². The van der Waals surface area contributed by atoms with Crippen LogP contribution < -0.4 is 15.5 Å². The number of carbonyl (C=O) groups is 1. The van der Waals surface area contributed by atoms with Gasteiger partial charge in [-0.05, 0) is 73.2 Å². The molecule has 2 aromatic heterocycles. The SMILES string of the molecule is Cc1cc(N2C(=S)N[C@@H](c3ccccn3)[C@H]2c2ccc(-c3ccccc3[N+](=O)[O-])o2)ccc1NC(=O)C(C)C. The highest BCUT2D eigenvalue weighted by Gasteiger charge is 2.43. The number of benzene rings is 2. The number of hydrogen-bond donors (Lipinski definition) is 2. The minimum absolute atomic E-state index is 0.0359. The summed E-state index contributed by atoms with van der Waals surface area (Å²) in [5, 5.41) is 18.5. The first-order chi connectivity index (χ1) is 18.7. The molecule has 0 aliphatic carbocycles. The van der Waals surface area contributed by atoms with Crippen molar-refractivity contribution in [2.75, 3.05) is 10.2 Å². The molecule has 2 aromatic carbocycles. The highest BCUT2D eigenvalue weighted by atomic mass is 32.1. The van der Waals surface area contributed by atoms with Gasteiger partial charge in [-0.2, -0.15) is 0 Å². The summed E-state index contributed by atoms with van der Waals surface area (Å²) in [7, 11) is 0. The fourth-order valence-corrected chi connectivity index (χ4v) is 4.98. The van der Waals surface area contributed by atoms with Crippen molar-refractivity contribution >= 4 is 40.3 Å². The van der Waals surface area contributed by atoms with E-state index in [0.29, 0.717) is 22.2 Å². The molecular formula is C29H27N5O4S. The van der Waals surface area contributed by atoms with E-state index in [4.69, 9.17) is 16.6 Å². The van der Waals surface area contributed by atoms with Gasteiger partial charge in [0.15, 0.2) is 5.11 Å². The summed E-state index contributed by atoms with van der Waals surface area (Å²) < 4.78 is 6.30. The number of hydrogen-bond acceptors (Lipinski definition) is 6. The van der Waals surface area contributed by atoms with E-state index in [0.717, 1.165) is 22.6 Å². The van der Waals surface area contributed by atoms with E-state index in [2.05, 4.69) is 15.6 Å². The summed E-state index contributed by atoms with van der Waals surface area (Å²) in [5.41, 5.74) is 3.54. The standard InChI is InChI=1S/C29H27N5O4S/c1-17(2)28(35)31-21-12-11-19(16-18(21)3)33-27(26(32-29(33)39)22-9-6-7-15-30-22)25-14-13-24(38-25)20-8-4-5-10-23(20)34(36)37/h4-17,26-27H,1-3H3,(H,31,35)(H,32,39)/t26-,27+/m0/s1. The summed E-state index contributed by atoms with van der Waals surface area (Å²) in [6.07, 6.45) is 1.72. The van der Waals surface area contributed by atoms with E-state index in [1.807, 2.05) is 68.1 Å². The molecule has 3 heterocycles. The van der Waals surface area contributed by atoms with Crippen molar-refractivity contribution in [3.8, 4) is 11.3 Å². The molecule has 0 bridgehead atoms. The quantitative estimate of drug-likeness (QED) is 0.159. The maximum absolute atomic E-state index is 12.3. The van der Waals surface area contributed by atoms with Crippen LogP contribution in [0, 0.1) is 23.0 Å². The Hall–Kier alpha value is -4.57. The molecule has 9 nitrogen and oxygen atoms in total. The number of anilines is 2. The zero-order valence-corrected chi connectivity index (χ0v) is 22.4. The lowest BCUT2D eigenvalue weighted by atomic mass is 10.0. The topological polar surface area (TPSA) is 114 Å². The lowest BCUT2D eigenvalue weighted by Gasteiger charge is -2.27. The van der Waals surface area contributed by atoms with Crippen LogP contribution in [-0.4, -0.2) is 20.9 Å². The van der Waals surface area contributed by atoms with Gasteiger partial charge < -0.3 is 20.0 Å².